The number of halogens is 1. The number of ether oxygens (including phenoxy) is 1. The molecule has 0 aromatic heterocycles. The number of nitrogens with one attached hydrogen (secondary N) is 1. The fourth-order valence-electron chi connectivity index (χ4n) is 1.85. The summed E-state index contributed by atoms with van der Waals surface area (Å²) in [5, 5.41) is 3.40. The van der Waals surface area contributed by atoms with E-state index in [-0.39, 0.29) is 0 Å². The molecule has 0 radical (unpaired) electrons. The molecular formula is C12H16BrNO. The molecule has 1 aliphatic rings. The SMILES string of the molecule is Brc1cccc(NCCC2CCCO2)c1. The number of anilines is 1. The average molecular weight is 270 g/mol. The van der Waals surface area contributed by atoms with Crippen LogP contribution in [-0.2, 0) is 4.74 Å². The molecule has 2 nitrogen and oxygen atoms in total. The van der Waals surface area contributed by atoms with Crippen LogP contribution >= 0.6 is 15.9 Å². The van der Waals surface area contributed by atoms with Gasteiger partial charge in [-0.05, 0) is 37.5 Å². The first-order chi connectivity index (χ1) is 7.34. The van der Waals surface area contributed by atoms with Crippen molar-refractivity contribution in [2.24, 2.45) is 0 Å². The number of hydrogen-bond acceptors (Lipinski definition) is 2. The van der Waals surface area contributed by atoms with Gasteiger partial charge in [0.1, 0.15) is 0 Å². The van der Waals surface area contributed by atoms with Crippen molar-refractivity contribution in [2.75, 3.05) is 18.5 Å². The lowest BCUT2D eigenvalue weighted by molar-refractivity contribution is 0.107. The molecule has 1 aromatic carbocycles. The minimum atomic E-state index is 0.477. The van der Waals surface area contributed by atoms with E-state index in [4.69, 9.17) is 4.74 Å². The molecule has 0 aliphatic carbocycles. The number of rotatable bonds is 4. The maximum Gasteiger partial charge on any atom is 0.0592 e. The second-order valence-corrected chi connectivity index (χ2v) is 4.78. The fourth-order valence-corrected chi connectivity index (χ4v) is 2.25. The Morgan fingerprint density at radius 2 is 2.40 bits per heavy atom. The molecule has 1 N–H and O–H groups in total. The molecule has 3 heteroatoms. The molecule has 0 amide bonds. The monoisotopic (exact) mass is 269 g/mol. The standard InChI is InChI=1S/C12H16BrNO/c13-10-3-1-4-11(9-10)14-7-6-12-5-2-8-15-12/h1,3-4,9,12,14H,2,5-8H2. The van der Waals surface area contributed by atoms with E-state index in [0.29, 0.717) is 6.10 Å². The zero-order valence-corrected chi connectivity index (χ0v) is 10.3. The highest BCUT2D eigenvalue weighted by atomic mass is 79.9. The van der Waals surface area contributed by atoms with Crippen molar-refractivity contribution >= 4 is 21.6 Å². The Hall–Kier alpha value is -0.540. The van der Waals surface area contributed by atoms with E-state index in [1.54, 1.807) is 0 Å². The van der Waals surface area contributed by atoms with E-state index >= 15 is 0 Å². The summed E-state index contributed by atoms with van der Waals surface area (Å²) in [6.07, 6.45) is 4.03. The maximum absolute atomic E-state index is 5.57. The van der Waals surface area contributed by atoms with E-state index in [1.165, 1.54) is 18.5 Å². The van der Waals surface area contributed by atoms with Crippen molar-refractivity contribution in [3.05, 3.63) is 28.7 Å². The lowest BCUT2D eigenvalue weighted by Crippen LogP contribution is -2.12. The third-order valence-corrected chi connectivity index (χ3v) is 3.14. The molecule has 1 heterocycles. The molecule has 1 saturated heterocycles. The second kappa shape index (κ2) is 5.52. The van der Waals surface area contributed by atoms with Crippen LogP contribution < -0.4 is 5.32 Å². The molecule has 1 unspecified atom stereocenters. The van der Waals surface area contributed by atoms with Crippen LogP contribution in [0.4, 0.5) is 5.69 Å². The van der Waals surface area contributed by atoms with Gasteiger partial charge in [0.15, 0.2) is 0 Å². The Labute approximate surface area is 99.1 Å². The maximum atomic E-state index is 5.57. The average Bonchev–Trinajstić information content (AvgIpc) is 2.71. The van der Waals surface area contributed by atoms with Gasteiger partial charge in [0.25, 0.3) is 0 Å². The molecule has 82 valence electrons. The molecule has 0 saturated carbocycles. The molecule has 1 aliphatic heterocycles. The first-order valence-electron chi connectivity index (χ1n) is 5.45. The molecule has 1 aromatic rings. The normalized spacial score (nSPS) is 20.5. The predicted octanol–water partition coefficient (Wildman–Crippen LogP) is 3.43. The second-order valence-electron chi connectivity index (χ2n) is 3.86. The third kappa shape index (κ3) is 3.50. The Bertz CT molecular complexity index is 310. The molecule has 2 rings (SSSR count). The minimum absolute atomic E-state index is 0.477. The highest BCUT2D eigenvalue weighted by Crippen LogP contribution is 2.17. The minimum Gasteiger partial charge on any atom is -0.385 e. The Kier molecular flexibility index (Phi) is 4.03. The van der Waals surface area contributed by atoms with Gasteiger partial charge in [-0.15, -0.1) is 0 Å². The first kappa shape index (κ1) is 11.0. The summed E-state index contributed by atoms with van der Waals surface area (Å²) in [6.45, 7) is 1.93. The molecule has 1 fully saturated rings. The number of benzene rings is 1. The first-order valence-corrected chi connectivity index (χ1v) is 6.25. The smallest absolute Gasteiger partial charge is 0.0592 e. The van der Waals surface area contributed by atoms with Crippen LogP contribution in [0.25, 0.3) is 0 Å². The fraction of sp³-hybridized carbons (Fsp3) is 0.500. The Morgan fingerprint density at radius 1 is 1.47 bits per heavy atom. The van der Waals surface area contributed by atoms with Gasteiger partial charge in [-0.25, -0.2) is 0 Å². The van der Waals surface area contributed by atoms with Gasteiger partial charge < -0.3 is 10.1 Å². The summed E-state index contributed by atoms with van der Waals surface area (Å²) in [5.41, 5.74) is 1.17. The highest BCUT2D eigenvalue weighted by Gasteiger charge is 2.14. The number of hydrogen-bond donors (Lipinski definition) is 1. The van der Waals surface area contributed by atoms with Gasteiger partial charge in [-0.2, -0.15) is 0 Å². The summed E-state index contributed by atoms with van der Waals surface area (Å²) in [4.78, 5) is 0. The summed E-state index contributed by atoms with van der Waals surface area (Å²) >= 11 is 3.46. The quantitative estimate of drug-likeness (QED) is 0.905. The molecular weight excluding hydrogens is 254 g/mol. The van der Waals surface area contributed by atoms with Gasteiger partial charge in [-0.1, -0.05) is 22.0 Å². The van der Waals surface area contributed by atoms with Crippen molar-refractivity contribution in [2.45, 2.75) is 25.4 Å². The summed E-state index contributed by atoms with van der Waals surface area (Å²) in [7, 11) is 0. The zero-order valence-electron chi connectivity index (χ0n) is 8.71. The zero-order chi connectivity index (χ0) is 10.5. The van der Waals surface area contributed by atoms with Gasteiger partial charge in [0.05, 0.1) is 6.10 Å². The Morgan fingerprint density at radius 3 is 3.13 bits per heavy atom. The summed E-state index contributed by atoms with van der Waals surface area (Å²) in [6, 6.07) is 8.25. The van der Waals surface area contributed by atoms with Crippen LogP contribution in [0.1, 0.15) is 19.3 Å². The lowest BCUT2D eigenvalue weighted by atomic mass is 10.2. The molecule has 0 bridgehead atoms. The van der Waals surface area contributed by atoms with E-state index in [1.807, 2.05) is 12.1 Å². The lowest BCUT2D eigenvalue weighted by Gasteiger charge is -2.10. The molecule has 1 atom stereocenters. The van der Waals surface area contributed by atoms with E-state index in [2.05, 4.69) is 33.4 Å². The van der Waals surface area contributed by atoms with Crippen LogP contribution in [0.2, 0.25) is 0 Å². The van der Waals surface area contributed by atoms with E-state index < -0.39 is 0 Å². The highest BCUT2D eigenvalue weighted by molar-refractivity contribution is 9.10. The van der Waals surface area contributed by atoms with Crippen LogP contribution in [0.15, 0.2) is 28.7 Å². The van der Waals surface area contributed by atoms with Crippen molar-refractivity contribution in [1.29, 1.82) is 0 Å². The summed E-state index contributed by atoms with van der Waals surface area (Å²) in [5.74, 6) is 0. The van der Waals surface area contributed by atoms with Crippen molar-refractivity contribution in [3.63, 3.8) is 0 Å². The van der Waals surface area contributed by atoms with Crippen molar-refractivity contribution in [3.8, 4) is 0 Å². The van der Waals surface area contributed by atoms with Crippen LogP contribution in [0, 0.1) is 0 Å². The summed E-state index contributed by atoms with van der Waals surface area (Å²) < 4.78 is 6.68. The molecule has 15 heavy (non-hydrogen) atoms. The van der Waals surface area contributed by atoms with E-state index in [0.717, 1.165) is 24.0 Å². The molecule has 0 spiro atoms. The predicted molar refractivity (Wildman–Crippen MR) is 66.2 cm³/mol. The van der Waals surface area contributed by atoms with Crippen molar-refractivity contribution < 1.29 is 4.74 Å². The van der Waals surface area contributed by atoms with Crippen LogP contribution in [0.3, 0.4) is 0 Å². The van der Waals surface area contributed by atoms with E-state index in [9.17, 15) is 0 Å². The topological polar surface area (TPSA) is 21.3 Å². The Balaban J connectivity index is 1.73. The van der Waals surface area contributed by atoms with Gasteiger partial charge >= 0.3 is 0 Å². The van der Waals surface area contributed by atoms with Crippen LogP contribution in [-0.4, -0.2) is 19.3 Å². The third-order valence-electron chi connectivity index (χ3n) is 2.64. The van der Waals surface area contributed by atoms with Crippen LogP contribution in [0.5, 0.6) is 0 Å². The van der Waals surface area contributed by atoms with Crippen molar-refractivity contribution in [1.82, 2.24) is 0 Å². The van der Waals surface area contributed by atoms with Gasteiger partial charge in [0, 0.05) is 23.3 Å². The van der Waals surface area contributed by atoms with Gasteiger partial charge in [-0.3, -0.25) is 0 Å². The van der Waals surface area contributed by atoms with Gasteiger partial charge in [0.2, 0.25) is 0 Å². The largest absolute Gasteiger partial charge is 0.385 e.